The van der Waals surface area contributed by atoms with Gasteiger partial charge in [-0.15, -0.1) is 0 Å². The zero-order valence-electron chi connectivity index (χ0n) is 17.6. The summed E-state index contributed by atoms with van der Waals surface area (Å²) in [4.78, 5) is 20.5. The fourth-order valence-corrected chi connectivity index (χ4v) is 3.41. The maximum absolute atomic E-state index is 13.6. The predicted octanol–water partition coefficient (Wildman–Crippen LogP) is 5.37. The van der Waals surface area contributed by atoms with Gasteiger partial charge in [0, 0.05) is 41.5 Å². The number of fused-ring (bicyclic) bond motifs is 1. The SMILES string of the molecule is O=C(NC(c1cccnc1)C(F)(F)F)c1cn2cccc(-c3ccccc3OCC(F)(F)F)c2n1. The van der Waals surface area contributed by atoms with E-state index in [0.717, 1.165) is 6.20 Å². The number of rotatable bonds is 6. The van der Waals surface area contributed by atoms with Gasteiger partial charge in [0.1, 0.15) is 17.1 Å². The third-order valence-electron chi connectivity index (χ3n) is 4.90. The Morgan fingerprint density at radius 3 is 2.43 bits per heavy atom. The van der Waals surface area contributed by atoms with E-state index in [1.807, 2.05) is 5.32 Å². The van der Waals surface area contributed by atoms with Crippen LogP contribution in [0.5, 0.6) is 5.75 Å². The lowest BCUT2D eigenvalue weighted by molar-refractivity contribution is -0.155. The predicted molar refractivity (Wildman–Crippen MR) is 113 cm³/mol. The van der Waals surface area contributed by atoms with E-state index in [-0.39, 0.29) is 28.2 Å². The van der Waals surface area contributed by atoms with Gasteiger partial charge in [0.05, 0.1) is 0 Å². The van der Waals surface area contributed by atoms with Crippen molar-refractivity contribution in [1.29, 1.82) is 0 Å². The number of carbonyl (C=O) groups is 1. The van der Waals surface area contributed by atoms with Crippen LogP contribution in [0.2, 0.25) is 0 Å². The van der Waals surface area contributed by atoms with E-state index in [1.165, 1.54) is 53.3 Å². The van der Waals surface area contributed by atoms with Crippen LogP contribution in [0.25, 0.3) is 16.8 Å². The van der Waals surface area contributed by atoms with Crippen LogP contribution >= 0.6 is 0 Å². The van der Waals surface area contributed by atoms with Crippen LogP contribution in [-0.4, -0.2) is 39.2 Å². The zero-order valence-corrected chi connectivity index (χ0v) is 17.6. The van der Waals surface area contributed by atoms with E-state index in [4.69, 9.17) is 4.74 Å². The van der Waals surface area contributed by atoms with Gasteiger partial charge in [-0.3, -0.25) is 9.78 Å². The van der Waals surface area contributed by atoms with Gasteiger partial charge in [-0.1, -0.05) is 24.3 Å². The second kappa shape index (κ2) is 9.28. The number of para-hydroxylation sites is 1. The van der Waals surface area contributed by atoms with Crippen molar-refractivity contribution in [2.75, 3.05) is 6.61 Å². The quantitative estimate of drug-likeness (QED) is 0.366. The molecule has 3 aromatic heterocycles. The van der Waals surface area contributed by atoms with E-state index in [0.29, 0.717) is 5.56 Å². The third kappa shape index (κ3) is 5.53. The number of ether oxygens (including phenoxy) is 1. The molecule has 3 heterocycles. The summed E-state index contributed by atoms with van der Waals surface area (Å²) in [5.41, 5.74) is 0.163. The van der Waals surface area contributed by atoms with Crippen LogP contribution in [0.1, 0.15) is 22.1 Å². The lowest BCUT2D eigenvalue weighted by atomic mass is 10.1. The maximum Gasteiger partial charge on any atom is 0.422 e. The molecule has 1 unspecified atom stereocenters. The molecule has 0 aliphatic heterocycles. The number of aromatic nitrogens is 3. The highest BCUT2D eigenvalue weighted by molar-refractivity contribution is 5.94. The van der Waals surface area contributed by atoms with Crippen molar-refractivity contribution in [1.82, 2.24) is 19.7 Å². The van der Waals surface area contributed by atoms with Gasteiger partial charge >= 0.3 is 12.4 Å². The first-order valence-corrected chi connectivity index (χ1v) is 10.1. The van der Waals surface area contributed by atoms with Gasteiger partial charge in [0.2, 0.25) is 0 Å². The summed E-state index contributed by atoms with van der Waals surface area (Å²) in [6, 6.07) is 9.23. The number of pyridine rings is 2. The van der Waals surface area contributed by atoms with Crippen LogP contribution in [0.4, 0.5) is 26.3 Å². The Labute approximate surface area is 194 Å². The van der Waals surface area contributed by atoms with Crippen molar-refractivity contribution in [2.45, 2.75) is 18.4 Å². The molecule has 0 fully saturated rings. The number of carbonyl (C=O) groups excluding carboxylic acids is 1. The second-order valence-electron chi connectivity index (χ2n) is 7.41. The number of hydrogen-bond donors (Lipinski definition) is 1. The van der Waals surface area contributed by atoms with Crippen molar-refractivity contribution in [3.63, 3.8) is 0 Å². The first-order chi connectivity index (χ1) is 16.5. The van der Waals surface area contributed by atoms with Crippen molar-refractivity contribution in [2.24, 2.45) is 0 Å². The molecule has 0 aliphatic carbocycles. The molecule has 0 aliphatic rings. The minimum atomic E-state index is -4.79. The van der Waals surface area contributed by atoms with Crippen LogP contribution in [0.15, 0.2) is 73.3 Å². The standard InChI is InChI=1S/C23H16F6N4O2/c24-22(25,26)13-35-18-8-2-1-6-15(18)16-7-4-10-33-12-17(31-20(16)33)21(34)32-19(23(27,28)29)14-5-3-9-30-11-14/h1-12,19H,13H2,(H,32,34). The number of benzene rings is 1. The molecule has 1 N–H and O–H groups in total. The number of amides is 1. The Hall–Kier alpha value is -4.09. The molecule has 0 saturated carbocycles. The molecule has 12 heteroatoms. The molecule has 1 atom stereocenters. The number of halogens is 6. The van der Waals surface area contributed by atoms with Gasteiger partial charge in [-0.05, 0) is 24.3 Å². The maximum atomic E-state index is 13.6. The topological polar surface area (TPSA) is 68.5 Å². The number of hydrogen-bond acceptors (Lipinski definition) is 4. The first kappa shape index (κ1) is 24.0. The molecule has 1 aromatic carbocycles. The molecule has 4 aromatic rings. The van der Waals surface area contributed by atoms with Crippen molar-refractivity contribution in [3.05, 3.63) is 84.6 Å². The van der Waals surface area contributed by atoms with Gasteiger partial charge in [-0.25, -0.2) is 4.98 Å². The highest BCUT2D eigenvalue weighted by atomic mass is 19.4. The average molecular weight is 494 g/mol. The van der Waals surface area contributed by atoms with Crippen LogP contribution in [0, 0.1) is 0 Å². The largest absolute Gasteiger partial charge is 0.483 e. The number of nitrogens with one attached hydrogen (secondary N) is 1. The summed E-state index contributed by atoms with van der Waals surface area (Å²) >= 11 is 0. The Bertz CT molecular complexity index is 1340. The zero-order chi connectivity index (χ0) is 25.2. The first-order valence-electron chi connectivity index (χ1n) is 10.1. The number of nitrogens with zero attached hydrogens (tertiary/aromatic N) is 3. The summed E-state index contributed by atoms with van der Waals surface area (Å²) in [5, 5.41) is 1.93. The minimum absolute atomic E-state index is 0.0689. The van der Waals surface area contributed by atoms with E-state index in [9.17, 15) is 31.1 Å². The smallest absolute Gasteiger partial charge is 0.422 e. The molecule has 0 spiro atoms. The summed E-state index contributed by atoms with van der Waals surface area (Å²) in [6.45, 7) is -1.51. The molecule has 4 rings (SSSR count). The Kier molecular flexibility index (Phi) is 6.37. The molecule has 0 radical (unpaired) electrons. The fraction of sp³-hybridized carbons (Fsp3) is 0.174. The molecule has 0 bridgehead atoms. The molecular formula is C23H16F6N4O2. The molecule has 0 saturated heterocycles. The van der Waals surface area contributed by atoms with Crippen molar-refractivity contribution >= 4 is 11.6 Å². The van der Waals surface area contributed by atoms with Crippen LogP contribution in [0.3, 0.4) is 0 Å². The lowest BCUT2D eigenvalue weighted by Crippen LogP contribution is -2.38. The molecular weight excluding hydrogens is 478 g/mol. The fourth-order valence-electron chi connectivity index (χ4n) is 3.41. The van der Waals surface area contributed by atoms with E-state index < -0.39 is 30.9 Å². The number of alkyl halides is 6. The summed E-state index contributed by atoms with van der Waals surface area (Å²) in [5.74, 6) is -1.16. The monoisotopic (exact) mass is 494 g/mol. The van der Waals surface area contributed by atoms with Crippen molar-refractivity contribution in [3.8, 4) is 16.9 Å². The molecule has 6 nitrogen and oxygen atoms in total. The Balaban J connectivity index is 1.68. The van der Waals surface area contributed by atoms with Gasteiger partial charge in [-0.2, -0.15) is 26.3 Å². The van der Waals surface area contributed by atoms with Gasteiger partial charge in [0.15, 0.2) is 12.6 Å². The molecule has 182 valence electrons. The van der Waals surface area contributed by atoms with Gasteiger partial charge in [0.25, 0.3) is 5.91 Å². The highest BCUT2D eigenvalue weighted by Crippen LogP contribution is 2.34. The normalized spacial score (nSPS) is 13.0. The van der Waals surface area contributed by atoms with Crippen LogP contribution < -0.4 is 10.1 Å². The Morgan fingerprint density at radius 2 is 1.74 bits per heavy atom. The summed E-state index contributed by atoms with van der Waals surface area (Å²) < 4.78 is 85.1. The Morgan fingerprint density at radius 1 is 1.00 bits per heavy atom. The van der Waals surface area contributed by atoms with Crippen LogP contribution in [-0.2, 0) is 0 Å². The molecule has 1 amide bonds. The minimum Gasteiger partial charge on any atom is -0.483 e. The van der Waals surface area contributed by atoms with Gasteiger partial charge < -0.3 is 14.5 Å². The highest BCUT2D eigenvalue weighted by Gasteiger charge is 2.42. The number of imidazole rings is 1. The summed E-state index contributed by atoms with van der Waals surface area (Å²) in [7, 11) is 0. The average Bonchev–Trinajstić information content (AvgIpc) is 3.25. The third-order valence-corrected chi connectivity index (χ3v) is 4.90. The van der Waals surface area contributed by atoms with E-state index >= 15 is 0 Å². The molecule has 35 heavy (non-hydrogen) atoms. The summed E-state index contributed by atoms with van der Waals surface area (Å²) in [6.07, 6.45) is -4.32. The van der Waals surface area contributed by atoms with E-state index in [2.05, 4.69) is 9.97 Å². The van der Waals surface area contributed by atoms with Crippen molar-refractivity contribution < 1.29 is 35.9 Å². The van der Waals surface area contributed by atoms with E-state index in [1.54, 1.807) is 18.2 Å². The lowest BCUT2D eigenvalue weighted by Gasteiger charge is -2.21. The second-order valence-corrected chi connectivity index (χ2v) is 7.41.